The van der Waals surface area contributed by atoms with Gasteiger partial charge in [-0.2, -0.15) is 0 Å². The summed E-state index contributed by atoms with van der Waals surface area (Å²) in [4.78, 5) is 43.6. The molecular weight excluding hydrogens is 474 g/mol. The second-order valence-corrected chi connectivity index (χ2v) is 12.3. The lowest BCUT2D eigenvalue weighted by Gasteiger charge is -2.22. The van der Waals surface area contributed by atoms with Crippen LogP contribution >= 0.6 is 0 Å². The molecule has 2 aromatic rings. The number of hydrogen-bond acceptors (Lipinski definition) is 3. The number of Topliss-reactive ketones (excluding diaryl/α,β-unsaturated/α-hetero) is 1. The third-order valence-corrected chi connectivity index (χ3v) is 9.52. The van der Waals surface area contributed by atoms with Gasteiger partial charge < -0.3 is 14.4 Å². The highest BCUT2D eigenvalue weighted by atomic mass is 16.2. The van der Waals surface area contributed by atoms with Gasteiger partial charge >= 0.3 is 0 Å². The minimum absolute atomic E-state index is 0.0121. The lowest BCUT2D eigenvalue weighted by atomic mass is 9.97. The Morgan fingerprint density at radius 1 is 0.895 bits per heavy atom. The number of rotatable bonds is 10. The van der Waals surface area contributed by atoms with Crippen LogP contribution < -0.4 is 0 Å². The number of hydrogen-bond donors (Lipinski definition) is 0. The minimum atomic E-state index is -0.837. The van der Waals surface area contributed by atoms with E-state index in [1.54, 1.807) is 19.0 Å². The predicted octanol–water partition coefficient (Wildman–Crippen LogP) is 6.10. The molecule has 206 valence electrons. The number of carbonyl (C=O) groups is 3. The minimum Gasteiger partial charge on any atom is -0.347 e. The monoisotopic (exact) mass is 519 g/mol. The van der Waals surface area contributed by atoms with E-state index >= 15 is 0 Å². The average Bonchev–Trinajstić information content (AvgIpc) is 3.73. The van der Waals surface area contributed by atoms with Crippen molar-refractivity contribution < 1.29 is 14.4 Å². The number of amides is 2. The van der Waals surface area contributed by atoms with Gasteiger partial charge in [-0.15, -0.1) is 0 Å². The number of nitrogens with zero attached hydrogens (tertiary/aromatic N) is 3. The summed E-state index contributed by atoms with van der Waals surface area (Å²) in [7, 11) is 3.47. The largest absolute Gasteiger partial charge is 0.347 e. The fourth-order valence-electron chi connectivity index (χ4n) is 7.23. The summed E-state index contributed by atoms with van der Waals surface area (Å²) in [5, 5.41) is 1.10. The third kappa shape index (κ3) is 5.84. The normalized spacial score (nSPS) is 21.4. The van der Waals surface area contributed by atoms with Gasteiger partial charge in [-0.05, 0) is 42.7 Å². The lowest BCUT2D eigenvalue weighted by molar-refractivity contribution is -0.138. The van der Waals surface area contributed by atoms with Crippen molar-refractivity contribution in [3.63, 3.8) is 0 Å². The summed E-state index contributed by atoms with van der Waals surface area (Å²) < 4.78 is 1.94. The van der Waals surface area contributed by atoms with E-state index in [9.17, 15) is 14.4 Å². The molecule has 1 aromatic heterocycles. The highest BCUT2D eigenvalue weighted by Gasteiger charge is 2.34. The molecular formula is C32H45N3O3. The molecule has 1 aromatic carbocycles. The number of ketones is 1. The molecule has 2 atom stereocenters. The predicted molar refractivity (Wildman–Crippen MR) is 151 cm³/mol. The van der Waals surface area contributed by atoms with Crippen LogP contribution in [0.1, 0.15) is 101 Å². The van der Waals surface area contributed by atoms with E-state index in [4.69, 9.17) is 0 Å². The molecule has 1 saturated heterocycles. The number of fused-ring (bicyclic) bond motifs is 1. The maximum atomic E-state index is 13.6. The zero-order valence-corrected chi connectivity index (χ0v) is 23.4. The molecule has 0 radical (unpaired) electrons. The first-order valence-electron chi connectivity index (χ1n) is 15.0. The van der Waals surface area contributed by atoms with Crippen LogP contribution in [0.5, 0.6) is 0 Å². The fourth-order valence-corrected chi connectivity index (χ4v) is 7.23. The summed E-state index contributed by atoms with van der Waals surface area (Å²) in [5.41, 5.74) is 2.09. The quantitative estimate of drug-likeness (QED) is 0.357. The first-order chi connectivity index (χ1) is 18.4. The Labute approximate surface area is 227 Å². The van der Waals surface area contributed by atoms with Crippen molar-refractivity contribution >= 4 is 28.5 Å². The maximum absolute atomic E-state index is 13.6. The van der Waals surface area contributed by atoms with E-state index in [2.05, 4.69) is 12.3 Å². The van der Waals surface area contributed by atoms with Crippen LogP contribution in [0.15, 0.2) is 30.5 Å². The van der Waals surface area contributed by atoms with Gasteiger partial charge in [0.25, 0.3) is 5.91 Å². The molecule has 2 heterocycles. The maximum Gasteiger partial charge on any atom is 0.252 e. The van der Waals surface area contributed by atoms with Crippen molar-refractivity contribution in [3.8, 4) is 0 Å². The standard InChI is InChI=1S/C32H45N3O3/c1-33(2)32(38)31(29(36)17-15-23-9-3-4-10-23)35-22-27(26-13-7-8-14-28(26)35)25-19-20-34(21-25)30(37)18-16-24-11-5-6-12-24/h7-8,13-14,22-25,31H,3-6,9-12,15-21H2,1-2H3. The van der Waals surface area contributed by atoms with Gasteiger partial charge in [-0.3, -0.25) is 14.4 Å². The molecule has 1 aliphatic heterocycles. The topological polar surface area (TPSA) is 62.6 Å². The van der Waals surface area contributed by atoms with Crippen LogP contribution in [-0.4, -0.2) is 59.1 Å². The Morgan fingerprint density at radius 2 is 1.53 bits per heavy atom. The Hall–Kier alpha value is -2.63. The molecule has 0 bridgehead atoms. The van der Waals surface area contributed by atoms with Gasteiger partial charge in [0.05, 0.1) is 0 Å². The first kappa shape index (κ1) is 27.0. The number of para-hydroxylation sites is 1. The number of likely N-dealkylation sites (tertiary alicyclic amines) is 1. The summed E-state index contributed by atoms with van der Waals surface area (Å²) in [6.45, 7) is 1.51. The average molecular weight is 520 g/mol. The van der Waals surface area contributed by atoms with Crippen molar-refractivity contribution in [1.82, 2.24) is 14.4 Å². The van der Waals surface area contributed by atoms with Gasteiger partial charge in [0, 0.05) is 63.0 Å². The van der Waals surface area contributed by atoms with Crippen molar-refractivity contribution in [2.75, 3.05) is 27.2 Å². The Balaban J connectivity index is 1.35. The second kappa shape index (κ2) is 12.0. The van der Waals surface area contributed by atoms with Crippen LogP contribution in [0.4, 0.5) is 0 Å². The van der Waals surface area contributed by atoms with Crippen molar-refractivity contribution in [3.05, 3.63) is 36.0 Å². The summed E-state index contributed by atoms with van der Waals surface area (Å²) >= 11 is 0. The zero-order chi connectivity index (χ0) is 26.6. The SMILES string of the molecule is CN(C)C(=O)C(C(=O)CCC1CCCC1)n1cc(C2CCN(C(=O)CCC3CCCC3)C2)c2ccccc21. The summed E-state index contributed by atoms with van der Waals surface area (Å²) in [5.74, 6) is 1.70. The van der Waals surface area contributed by atoms with Crippen LogP contribution in [0.2, 0.25) is 0 Å². The van der Waals surface area contributed by atoms with Crippen LogP contribution in [0, 0.1) is 11.8 Å². The van der Waals surface area contributed by atoms with Crippen molar-refractivity contribution in [2.45, 2.75) is 95.4 Å². The molecule has 6 heteroatoms. The molecule has 5 rings (SSSR count). The van der Waals surface area contributed by atoms with Crippen LogP contribution in [0.3, 0.4) is 0 Å². The molecule has 0 N–H and O–H groups in total. The van der Waals surface area contributed by atoms with E-state index < -0.39 is 6.04 Å². The molecule has 2 saturated carbocycles. The third-order valence-electron chi connectivity index (χ3n) is 9.52. The molecule has 3 fully saturated rings. The van der Waals surface area contributed by atoms with Crippen LogP contribution in [-0.2, 0) is 14.4 Å². The van der Waals surface area contributed by atoms with Crippen molar-refractivity contribution in [1.29, 1.82) is 0 Å². The molecule has 6 nitrogen and oxygen atoms in total. The van der Waals surface area contributed by atoms with E-state index in [1.807, 2.05) is 27.7 Å². The van der Waals surface area contributed by atoms with Gasteiger partial charge in [-0.25, -0.2) is 0 Å². The van der Waals surface area contributed by atoms with Gasteiger partial charge in [0.1, 0.15) is 0 Å². The van der Waals surface area contributed by atoms with Gasteiger partial charge in [-0.1, -0.05) is 69.6 Å². The Morgan fingerprint density at radius 3 is 2.18 bits per heavy atom. The Bertz CT molecular complexity index is 1140. The van der Waals surface area contributed by atoms with E-state index in [-0.39, 0.29) is 23.5 Å². The highest BCUT2D eigenvalue weighted by molar-refractivity contribution is 6.05. The van der Waals surface area contributed by atoms with E-state index in [0.717, 1.165) is 54.7 Å². The Kier molecular flexibility index (Phi) is 8.54. The van der Waals surface area contributed by atoms with Crippen LogP contribution in [0.25, 0.3) is 10.9 Å². The first-order valence-corrected chi connectivity index (χ1v) is 15.0. The van der Waals surface area contributed by atoms with Gasteiger partial charge in [0.2, 0.25) is 5.91 Å². The second-order valence-electron chi connectivity index (χ2n) is 12.3. The smallest absolute Gasteiger partial charge is 0.252 e. The molecule has 3 aliphatic rings. The number of benzene rings is 1. The molecule has 2 unspecified atom stereocenters. The summed E-state index contributed by atoms with van der Waals surface area (Å²) in [6.07, 6.45) is 16.1. The molecule has 0 spiro atoms. The molecule has 38 heavy (non-hydrogen) atoms. The van der Waals surface area contributed by atoms with Gasteiger partial charge in [0.15, 0.2) is 11.8 Å². The molecule has 2 amide bonds. The number of likely N-dealkylation sites (N-methyl/N-ethyl adjacent to an activating group) is 1. The number of carbonyl (C=O) groups excluding carboxylic acids is 3. The molecule has 2 aliphatic carbocycles. The number of aromatic nitrogens is 1. The van der Waals surface area contributed by atoms with Crippen molar-refractivity contribution in [2.24, 2.45) is 11.8 Å². The van der Waals surface area contributed by atoms with E-state index in [0.29, 0.717) is 18.8 Å². The van der Waals surface area contributed by atoms with E-state index in [1.165, 1.54) is 51.4 Å². The summed E-state index contributed by atoms with van der Waals surface area (Å²) in [6, 6.07) is 7.30. The zero-order valence-electron chi connectivity index (χ0n) is 23.4. The fraction of sp³-hybridized carbons (Fsp3) is 0.656. The highest BCUT2D eigenvalue weighted by Crippen LogP contribution is 2.37. The lowest BCUT2D eigenvalue weighted by Crippen LogP contribution is -2.36.